The van der Waals surface area contributed by atoms with Gasteiger partial charge in [0.1, 0.15) is 0 Å². The van der Waals surface area contributed by atoms with E-state index in [-0.39, 0.29) is 23.8 Å². The second-order valence-corrected chi connectivity index (χ2v) is 5.89. The van der Waals surface area contributed by atoms with Crippen LogP contribution in [0.2, 0.25) is 0 Å². The number of ether oxygens (including phenoxy) is 1. The average Bonchev–Trinajstić information content (AvgIpc) is 2.80. The Morgan fingerprint density at radius 1 is 1.24 bits per heavy atom. The molecule has 0 radical (unpaired) electrons. The summed E-state index contributed by atoms with van der Waals surface area (Å²) in [5.41, 5.74) is 0. The summed E-state index contributed by atoms with van der Waals surface area (Å²) in [6, 6.07) is -0.0769. The van der Waals surface area contributed by atoms with E-state index in [9.17, 15) is 14.7 Å². The molecule has 1 rings (SSSR count). The van der Waals surface area contributed by atoms with Crippen LogP contribution in [-0.4, -0.2) is 35.7 Å². The zero-order chi connectivity index (χ0) is 16.0. The maximum Gasteiger partial charge on any atom is 0.311 e. The number of rotatable bonds is 7. The Labute approximate surface area is 127 Å². The van der Waals surface area contributed by atoms with Crippen LogP contribution >= 0.6 is 0 Å². The molecule has 21 heavy (non-hydrogen) atoms. The minimum Gasteiger partial charge on any atom is -0.466 e. The molecule has 5 nitrogen and oxygen atoms in total. The van der Waals surface area contributed by atoms with Crippen molar-refractivity contribution in [1.29, 1.82) is 0 Å². The first-order chi connectivity index (χ1) is 9.96. The highest BCUT2D eigenvalue weighted by Crippen LogP contribution is 2.37. The third-order valence-corrected chi connectivity index (χ3v) is 4.64. The number of aliphatic hydroxyl groups is 1. The molecule has 4 atom stereocenters. The summed E-state index contributed by atoms with van der Waals surface area (Å²) in [6.07, 6.45) is 2.51. The SMILES string of the molecule is CCOC(=O)[C@H]1CC[C@H](C(NC(C)=O)C(CC)CC)[C@@H]1O. The first kappa shape index (κ1) is 18.0. The van der Waals surface area contributed by atoms with Crippen molar-refractivity contribution >= 4 is 11.9 Å². The van der Waals surface area contributed by atoms with Gasteiger partial charge < -0.3 is 15.2 Å². The largest absolute Gasteiger partial charge is 0.466 e. The van der Waals surface area contributed by atoms with Gasteiger partial charge in [-0.05, 0) is 25.7 Å². The Hall–Kier alpha value is -1.10. The van der Waals surface area contributed by atoms with Crippen LogP contribution in [0.5, 0.6) is 0 Å². The number of carbonyl (C=O) groups excluding carboxylic acids is 2. The van der Waals surface area contributed by atoms with Gasteiger partial charge >= 0.3 is 5.97 Å². The Morgan fingerprint density at radius 2 is 1.86 bits per heavy atom. The summed E-state index contributed by atoms with van der Waals surface area (Å²) < 4.78 is 5.03. The summed E-state index contributed by atoms with van der Waals surface area (Å²) in [6.45, 7) is 7.77. The Morgan fingerprint density at radius 3 is 2.33 bits per heavy atom. The Balaban J connectivity index is 2.84. The van der Waals surface area contributed by atoms with Crippen molar-refractivity contribution in [2.45, 2.75) is 65.5 Å². The third-order valence-electron chi connectivity index (χ3n) is 4.64. The fourth-order valence-corrected chi connectivity index (χ4v) is 3.52. The lowest BCUT2D eigenvalue weighted by Gasteiger charge is -2.33. The standard InChI is InChI=1S/C16H29NO4/c1-5-11(6-2)14(17-10(4)18)12-8-9-13(15(12)19)16(20)21-7-3/h11-15,19H,5-9H2,1-4H3,(H,17,18)/t12-,13+,14?,15+/m1/s1. The molecular formula is C16H29NO4. The van der Waals surface area contributed by atoms with Gasteiger partial charge in [0.15, 0.2) is 0 Å². The molecule has 122 valence electrons. The predicted molar refractivity (Wildman–Crippen MR) is 80.5 cm³/mol. The maximum absolute atomic E-state index is 11.9. The van der Waals surface area contributed by atoms with Crippen molar-refractivity contribution < 1.29 is 19.4 Å². The summed E-state index contributed by atoms with van der Waals surface area (Å²) in [4.78, 5) is 23.4. The van der Waals surface area contributed by atoms with E-state index in [4.69, 9.17) is 4.74 Å². The molecule has 5 heteroatoms. The van der Waals surface area contributed by atoms with E-state index in [1.165, 1.54) is 6.92 Å². The monoisotopic (exact) mass is 299 g/mol. The lowest BCUT2D eigenvalue weighted by Crippen LogP contribution is -2.48. The second kappa shape index (κ2) is 8.37. The summed E-state index contributed by atoms with van der Waals surface area (Å²) >= 11 is 0. The summed E-state index contributed by atoms with van der Waals surface area (Å²) in [5.74, 6) is -0.624. The number of hydrogen-bond acceptors (Lipinski definition) is 4. The Kier molecular flexibility index (Phi) is 7.15. The zero-order valence-electron chi connectivity index (χ0n) is 13.6. The topological polar surface area (TPSA) is 75.6 Å². The van der Waals surface area contributed by atoms with Crippen molar-refractivity contribution in [2.75, 3.05) is 6.61 Å². The van der Waals surface area contributed by atoms with E-state index in [1.807, 2.05) is 0 Å². The second-order valence-electron chi connectivity index (χ2n) is 5.89. The van der Waals surface area contributed by atoms with Gasteiger partial charge in [-0.2, -0.15) is 0 Å². The molecule has 0 aromatic carbocycles. The molecule has 0 spiro atoms. The molecule has 0 heterocycles. The molecule has 1 unspecified atom stereocenters. The number of aliphatic hydroxyl groups excluding tert-OH is 1. The van der Waals surface area contributed by atoms with Crippen molar-refractivity contribution in [3.8, 4) is 0 Å². The highest BCUT2D eigenvalue weighted by atomic mass is 16.5. The number of hydrogen-bond donors (Lipinski definition) is 2. The molecule has 0 bridgehead atoms. The molecule has 1 amide bonds. The lowest BCUT2D eigenvalue weighted by molar-refractivity contribution is -0.151. The number of esters is 1. The van der Waals surface area contributed by atoms with Crippen molar-refractivity contribution in [2.24, 2.45) is 17.8 Å². The van der Waals surface area contributed by atoms with Crippen LogP contribution in [0.3, 0.4) is 0 Å². The normalized spacial score (nSPS) is 26.7. The van der Waals surface area contributed by atoms with Crippen molar-refractivity contribution in [3.63, 3.8) is 0 Å². The third kappa shape index (κ3) is 4.43. The smallest absolute Gasteiger partial charge is 0.311 e. The van der Waals surface area contributed by atoms with Crippen LogP contribution in [0.15, 0.2) is 0 Å². The van der Waals surface area contributed by atoms with E-state index in [0.717, 1.165) is 19.3 Å². The molecule has 0 saturated heterocycles. The first-order valence-electron chi connectivity index (χ1n) is 8.07. The van der Waals surface area contributed by atoms with Crippen LogP contribution in [0.25, 0.3) is 0 Å². The highest BCUT2D eigenvalue weighted by molar-refractivity contribution is 5.74. The summed E-state index contributed by atoms with van der Waals surface area (Å²) in [7, 11) is 0. The van der Waals surface area contributed by atoms with Gasteiger partial charge in [0.25, 0.3) is 0 Å². The van der Waals surface area contributed by atoms with E-state index in [2.05, 4.69) is 19.2 Å². The van der Waals surface area contributed by atoms with Crippen LogP contribution in [0.4, 0.5) is 0 Å². The van der Waals surface area contributed by atoms with Gasteiger partial charge in [-0.1, -0.05) is 26.7 Å². The molecule has 1 aliphatic rings. The van der Waals surface area contributed by atoms with Gasteiger partial charge in [0, 0.05) is 18.9 Å². The van der Waals surface area contributed by atoms with Gasteiger partial charge in [-0.3, -0.25) is 9.59 Å². The quantitative estimate of drug-likeness (QED) is 0.704. The van der Waals surface area contributed by atoms with Crippen LogP contribution in [0, 0.1) is 17.8 Å². The van der Waals surface area contributed by atoms with Crippen molar-refractivity contribution in [1.82, 2.24) is 5.32 Å². The number of nitrogens with one attached hydrogen (secondary N) is 1. The van der Waals surface area contributed by atoms with Gasteiger partial charge in [-0.15, -0.1) is 0 Å². The minimum atomic E-state index is -0.735. The molecule has 2 N–H and O–H groups in total. The molecule has 0 aliphatic heterocycles. The van der Waals surface area contributed by atoms with E-state index in [1.54, 1.807) is 6.92 Å². The van der Waals surface area contributed by atoms with E-state index in [0.29, 0.717) is 18.9 Å². The van der Waals surface area contributed by atoms with E-state index >= 15 is 0 Å². The minimum absolute atomic E-state index is 0.0757. The number of amides is 1. The lowest BCUT2D eigenvalue weighted by atomic mass is 9.82. The molecular weight excluding hydrogens is 270 g/mol. The molecule has 1 aliphatic carbocycles. The Bertz CT molecular complexity index is 354. The van der Waals surface area contributed by atoms with E-state index < -0.39 is 12.0 Å². The van der Waals surface area contributed by atoms with Crippen molar-refractivity contribution in [3.05, 3.63) is 0 Å². The van der Waals surface area contributed by atoms with Crippen LogP contribution in [0.1, 0.15) is 53.4 Å². The molecule has 1 saturated carbocycles. The predicted octanol–water partition coefficient (Wildman–Crippen LogP) is 1.88. The fraction of sp³-hybridized carbons (Fsp3) is 0.875. The van der Waals surface area contributed by atoms with Crippen LogP contribution in [-0.2, 0) is 14.3 Å². The first-order valence-corrected chi connectivity index (χ1v) is 8.07. The molecule has 0 aromatic heterocycles. The zero-order valence-corrected chi connectivity index (χ0v) is 13.6. The van der Waals surface area contributed by atoms with Crippen LogP contribution < -0.4 is 5.32 Å². The maximum atomic E-state index is 11.9. The highest BCUT2D eigenvalue weighted by Gasteiger charge is 2.45. The molecule has 0 aromatic rings. The van der Waals surface area contributed by atoms with Gasteiger partial charge in [-0.25, -0.2) is 0 Å². The van der Waals surface area contributed by atoms with Gasteiger partial charge in [0.2, 0.25) is 5.91 Å². The molecule has 1 fully saturated rings. The summed E-state index contributed by atoms with van der Waals surface area (Å²) in [5, 5.41) is 13.5. The van der Waals surface area contributed by atoms with Gasteiger partial charge in [0.05, 0.1) is 18.6 Å². The number of carbonyl (C=O) groups is 2. The average molecular weight is 299 g/mol. The fourth-order valence-electron chi connectivity index (χ4n) is 3.52.